The quantitative estimate of drug-likeness (QED) is 0.855. The highest BCUT2D eigenvalue weighted by molar-refractivity contribution is 14.1. The smallest absolute Gasteiger partial charge is 0.124 e. The Balaban J connectivity index is 1.88. The van der Waals surface area contributed by atoms with Crippen molar-refractivity contribution in [2.75, 3.05) is 18.5 Å². The second-order valence-electron chi connectivity index (χ2n) is 3.99. The van der Waals surface area contributed by atoms with E-state index in [2.05, 4.69) is 27.9 Å². The normalized spacial score (nSPS) is 20.8. The number of rotatable bonds is 3. The van der Waals surface area contributed by atoms with Crippen molar-refractivity contribution in [3.05, 3.63) is 27.6 Å². The van der Waals surface area contributed by atoms with Crippen LogP contribution in [0.5, 0.6) is 0 Å². The zero-order valence-corrected chi connectivity index (χ0v) is 11.2. The van der Waals surface area contributed by atoms with Crippen molar-refractivity contribution in [1.82, 2.24) is 0 Å². The van der Waals surface area contributed by atoms with Crippen molar-refractivity contribution in [1.29, 1.82) is 0 Å². The van der Waals surface area contributed by atoms with E-state index in [1.54, 1.807) is 6.07 Å². The zero-order chi connectivity index (χ0) is 11.4. The maximum atomic E-state index is 12.9. The fraction of sp³-hybridized carbons (Fsp3) is 0.500. The van der Waals surface area contributed by atoms with Crippen LogP contribution in [-0.4, -0.2) is 19.3 Å². The van der Waals surface area contributed by atoms with Crippen molar-refractivity contribution in [3.8, 4) is 0 Å². The van der Waals surface area contributed by atoms with Gasteiger partial charge in [-0.1, -0.05) is 0 Å². The molecule has 0 radical (unpaired) electrons. The Kier molecular flexibility index (Phi) is 4.40. The van der Waals surface area contributed by atoms with Gasteiger partial charge in [0.15, 0.2) is 0 Å². The van der Waals surface area contributed by atoms with Gasteiger partial charge in [0.2, 0.25) is 0 Å². The monoisotopic (exact) mass is 335 g/mol. The number of halogens is 2. The average molecular weight is 335 g/mol. The van der Waals surface area contributed by atoms with Gasteiger partial charge in [-0.05, 0) is 60.1 Å². The van der Waals surface area contributed by atoms with Gasteiger partial charge in [-0.2, -0.15) is 0 Å². The Morgan fingerprint density at radius 1 is 1.44 bits per heavy atom. The molecule has 1 aliphatic heterocycles. The Morgan fingerprint density at radius 2 is 2.31 bits per heavy atom. The van der Waals surface area contributed by atoms with E-state index in [1.807, 2.05) is 0 Å². The molecule has 1 saturated heterocycles. The van der Waals surface area contributed by atoms with E-state index in [1.165, 1.54) is 25.0 Å². The lowest BCUT2D eigenvalue weighted by Gasteiger charge is -2.23. The van der Waals surface area contributed by atoms with Crippen LogP contribution in [0.15, 0.2) is 18.2 Å². The molecule has 16 heavy (non-hydrogen) atoms. The molecule has 1 heterocycles. The summed E-state index contributed by atoms with van der Waals surface area (Å²) >= 11 is 2.14. The summed E-state index contributed by atoms with van der Waals surface area (Å²) in [6.45, 7) is 1.68. The first-order valence-corrected chi connectivity index (χ1v) is 6.64. The molecule has 0 spiro atoms. The molecular weight excluding hydrogens is 320 g/mol. The molecule has 1 aliphatic rings. The summed E-state index contributed by atoms with van der Waals surface area (Å²) in [6, 6.07) is 4.79. The molecule has 88 valence electrons. The number of benzene rings is 1. The standard InChI is InChI=1S/C12H15FINO/c13-9-4-5-12(11(14)7-9)15-8-10-3-1-2-6-16-10/h4-5,7,10,15H,1-3,6,8H2. The highest BCUT2D eigenvalue weighted by Gasteiger charge is 2.13. The lowest BCUT2D eigenvalue weighted by atomic mass is 10.1. The first kappa shape index (κ1) is 12.1. The van der Waals surface area contributed by atoms with Gasteiger partial charge in [-0.3, -0.25) is 0 Å². The number of hydrogen-bond donors (Lipinski definition) is 1. The Hall–Kier alpha value is -0.360. The van der Waals surface area contributed by atoms with Gasteiger partial charge in [-0.25, -0.2) is 4.39 Å². The van der Waals surface area contributed by atoms with Crippen LogP contribution < -0.4 is 5.32 Å². The molecule has 0 aromatic heterocycles. The van der Waals surface area contributed by atoms with Crippen molar-refractivity contribution in [2.45, 2.75) is 25.4 Å². The fourth-order valence-electron chi connectivity index (χ4n) is 1.83. The number of hydrogen-bond acceptors (Lipinski definition) is 2. The summed E-state index contributed by atoms with van der Waals surface area (Å²) < 4.78 is 19.4. The fourth-order valence-corrected chi connectivity index (χ4v) is 2.49. The lowest BCUT2D eigenvalue weighted by molar-refractivity contribution is 0.0247. The third-order valence-corrected chi connectivity index (χ3v) is 3.62. The van der Waals surface area contributed by atoms with Crippen LogP contribution in [0, 0.1) is 9.39 Å². The van der Waals surface area contributed by atoms with Gasteiger partial charge in [-0.15, -0.1) is 0 Å². The predicted molar refractivity (Wildman–Crippen MR) is 71.2 cm³/mol. The second kappa shape index (κ2) is 5.82. The van der Waals surface area contributed by atoms with Crippen molar-refractivity contribution in [2.24, 2.45) is 0 Å². The molecule has 1 fully saturated rings. The molecule has 0 saturated carbocycles. The van der Waals surface area contributed by atoms with Gasteiger partial charge in [0.05, 0.1) is 6.10 Å². The second-order valence-corrected chi connectivity index (χ2v) is 5.16. The van der Waals surface area contributed by atoms with Crippen LogP contribution in [0.25, 0.3) is 0 Å². The Bertz CT molecular complexity index is 353. The lowest BCUT2D eigenvalue weighted by Crippen LogP contribution is -2.27. The summed E-state index contributed by atoms with van der Waals surface area (Å²) in [5.41, 5.74) is 0.983. The summed E-state index contributed by atoms with van der Waals surface area (Å²) in [5, 5.41) is 3.31. The molecule has 1 N–H and O–H groups in total. The molecule has 1 unspecified atom stereocenters. The van der Waals surface area contributed by atoms with Crippen molar-refractivity contribution < 1.29 is 9.13 Å². The highest BCUT2D eigenvalue weighted by Crippen LogP contribution is 2.20. The van der Waals surface area contributed by atoms with Crippen molar-refractivity contribution >= 4 is 28.3 Å². The summed E-state index contributed by atoms with van der Waals surface area (Å²) in [5.74, 6) is -0.191. The minimum Gasteiger partial charge on any atom is -0.382 e. The molecular formula is C12H15FINO. The molecule has 0 bridgehead atoms. The van der Waals surface area contributed by atoms with Crippen LogP contribution in [0.3, 0.4) is 0 Å². The molecule has 1 atom stereocenters. The van der Waals surface area contributed by atoms with Crippen LogP contribution in [-0.2, 0) is 4.74 Å². The minimum atomic E-state index is -0.191. The molecule has 0 amide bonds. The topological polar surface area (TPSA) is 21.3 Å². The Morgan fingerprint density at radius 3 is 3.00 bits per heavy atom. The maximum absolute atomic E-state index is 12.9. The average Bonchev–Trinajstić information content (AvgIpc) is 2.29. The van der Waals surface area contributed by atoms with E-state index in [9.17, 15) is 4.39 Å². The van der Waals surface area contributed by atoms with Crippen LogP contribution in [0.2, 0.25) is 0 Å². The minimum absolute atomic E-state index is 0.191. The zero-order valence-electron chi connectivity index (χ0n) is 9.01. The molecule has 2 nitrogen and oxygen atoms in total. The first-order valence-electron chi connectivity index (χ1n) is 5.56. The van der Waals surface area contributed by atoms with E-state index in [0.717, 1.165) is 28.8 Å². The van der Waals surface area contributed by atoms with E-state index in [0.29, 0.717) is 6.10 Å². The van der Waals surface area contributed by atoms with Crippen LogP contribution in [0.4, 0.5) is 10.1 Å². The largest absolute Gasteiger partial charge is 0.382 e. The molecule has 0 aliphatic carbocycles. The summed E-state index contributed by atoms with van der Waals surface area (Å²) in [7, 11) is 0. The number of ether oxygens (including phenoxy) is 1. The third-order valence-electron chi connectivity index (χ3n) is 2.73. The highest BCUT2D eigenvalue weighted by atomic mass is 127. The van der Waals surface area contributed by atoms with E-state index >= 15 is 0 Å². The van der Waals surface area contributed by atoms with E-state index in [4.69, 9.17) is 4.74 Å². The summed E-state index contributed by atoms with van der Waals surface area (Å²) in [4.78, 5) is 0. The Labute approximate surface area is 109 Å². The van der Waals surface area contributed by atoms with Gasteiger partial charge in [0, 0.05) is 22.4 Å². The van der Waals surface area contributed by atoms with Gasteiger partial charge >= 0.3 is 0 Å². The van der Waals surface area contributed by atoms with E-state index < -0.39 is 0 Å². The number of nitrogens with one attached hydrogen (secondary N) is 1. The number of anilines is 1. The molecule has 2 rings (SSSR count). The van der Waals surface area contributed by atoms with Gasteiger partial charge in [0.25, 0.3) is 0 Å². The summed E-state index contributed by atoms with van der Waals surface area (Å²) in [6.07, 6.45) is 3.83. The molecule has 1 aromatic carbocycles. The molecule has 4 heteroatoms. The molecule has 1 aromatic rings. The van der Waals surface area contributed by atoms with Crippen LogP contribution >= 0.6 is 22.6 Å². The SMILES string of the molecule is Fc1ccc(NCC2CCCCO2)c(I)c1. The van der Waals surface area contributed by atoms with E-state index in [-0.39, 0.29) is 5.82 Å². The predicted octanol–water partition coefficient (Wildman–Crippen LogP) is 3.41. The first-order chi connectivity index (χ1) is 7.75. The van der Waals surface area contributed by atoms with Crippen molar-refractivity contribution in [3.63, 3.8) is 0 Å². The van der Waals surface area contributed by atoms with Crippen LogP contribution in [0.1, 0.15) is 19.3 Å². The van der Waals surface area contributed by atoms with Gasteiger partial charge < -0.3 is 10.1 Å². The third kappa shape index (κ3) is 3.31. The van der Waals surface area contributed by atoms with Gasteiger partial charge in [0.1, 0.15) is 5.82 Å². The maximum Gasteiger partial charge on any atom is 0.124 e.